The summed E-state index contributed by atoms with van der Waals surface area (Å²) >= 11 is 6.06. The van der Waals surface area contributed by atoms with Gasteiger partial charge in [0.25, 0.3) is 0 Å². The van der Waals surface area contributed by atoms with Crippen LogP contribution < -0.4 is 0 Å². The number of rotatable bonds is 3. The van der Waals surface area contributed by atoms with Crippen LogP contribution in [0.2, 0.25) is 5.02 Å². The summed E-state index contributed by atoms with van der Waals surface area (Å²) in [6.45, 7) is 0.360. The largest absolute Gasteiger partial charge is 0.395 e. The predicted octanol–water partition coefficient (Wildman–Crippen LogP) is 0.829. The van der Waals surface area contributed by atoms with Crippen LogP contribution in [0.1, 0.15) is 18.4 Å². The van der Waals surface area contributed by atoms with Gasteiger partial charge in [0.2, 0.25) is 10.0 Å². The first-order valence-electron chi connectivity index (χ1n) is 6.52. The Morgan fingerprint density at radius 3 is 2.76 bits per heavy atom. The zero-order valence-corrected chi connectivity index (χ0v) is 12.9. The lowest BCUT2D eigenvalue weighted by molar-refractivity contribution is 0.189. The van der Waals surface area contributed by atoms with Gasteiger partial charge in [0, 0.05) is 25.1 Å². The number of hydrogen-bond acceptors (Lipinski definition) is 4. The number of hydrogen-bond donors (Lipinski definition) is 2. The first-order valence-corrected chi connectivity index (χ1v) is 8.34. The lowest BCUT2D eigenvalue weighted by Crippen LogP contribution is -2.29. The lowest BCUT2D eigenvalue weighted by Gasteiger charge is -2.16. The van der Waals surface area contributed by atoms with E-state index in [2.05, 4.69) is 11.8 Å². The zero-order valence-electron chi connectivity index (χ0n) is 11.3. The van der Waals surface area contributed by atoms with Crippen molar-refractivity contribution in [3.8, 4) is 11.8 Å². The predicted molar refractivity (Wildman–Crippen MR) is 79.4 cm³/mol. The van der Waals surface area contributed by atoms with Gasteiger partial charge in [-0.2, -0.15) is 4.31 Å². The van der Waals surface area contributed by atoms with Gasteiger partial charge in [0.15, 0.2) is 0 Å². The summed E-state index contributed by atoms with van der Waals surface area (Å²) in [5, 5.41) is 18.2. The number of nitrogens with zero attached hydrogens (tertiary/aromatic N) is 1. The topological polar surface area (TPSA) is 77.8 Å². The highest BCUT2D eigenvalue weighted by Crippen LogP contribution is 2.27. The Labute approximate surface area is 129 Å². The first-order chi connectivity index (χ1) is 9.95. The van der Waals surface area contributed by atoms with Crippen LogP contribution >= 0.6 is 11.6 Å². The van der Waals surface area contributed by atoms with Gasteiger partial charge in [-0.3, -0.25) is 0 Å². The Kier molecular flexibility index (Phi) is 5.25. The third-order valence-corrected chi connectivity index (χ3v) is 5.49. The number of aliphatic hydroxyl groups is 2. The lowest BCUT2D eigenvalue weighted by atomic mass is 10.2. The Hall–Kier alpha value is -1.10. The van der Waals surface area contributed by atoms with E-state index >= 15 is 0 Å². The fraction of sp³-hybridized carbons (Fsp3) is 0.429. The molecule has 5 nitrogen and oxygen atoms in total. The van der Waals surface area contributed by atoms with Crippen LogP contribution in [0.4, 0.5) is 0 Å². The van der Waals surface area contributed by atoms with Crippen LogP contribution in [0, 0.1) is 11.8 Å². The van der Waals surface area contributed by atoms with Gasteiger partial charge in [-0.25, -0.2) is 8.42 Å². The van der Waals surface area contributed by atoms with E-state index in [9.17, 15) is 13.5 Å². The molecule has 1 saturated heterocycles. The van der Waals surface area contributed by atoms with Crippen molar-refractivity contribution in [2.75, 3.05) is 19.7 Å². The number of sulfonamides is 1. The van der Waals surface area contributed by atoms with Crippen molar-refractivity contribution in [3.63, 3.8) is 0 Å². The normalized spacial score (nSPS) is 19.3. The molecule has 1 fully saturated rings. The van der Waals surface area contributed by atoms with Crippen molar-refractivity contribution in [3.05, 3.63) is 28.8 Å². The minimum atomic E-state index is -3.69. The molecular weight excluding hydrogens is 314 g/mol. The third-order valence-electron chi connectivity index (χ3n) is 3.15. The Morgan fingerprint density at radius 1 is 1.43 bits per heavy atom. The zero-order chi connectivity index (χ0) is 15.5. The quantitative estimate of drug-likeness (QED) is 0.805. The summed E-state index contributed by atoms with van der Waals surface area (Å²) < 4.78 is 26.1. The van der Waals surface area contributed by atoms with Gasteiger partial charge in [0.05, 0.1) is 17.7 Å². The third kappa shape index (κ3) is 3.76. The highest BCUT2D eigenvalue weighted by atomic mass is 35.5. The van der Waals surface area contributed by atoms with E-state index in [0.717, 1.165) is 0 Å². The molecule has 1 aliphatic rings. The van der Waals surface area contributed by atoms with Crippen molar-refractivity contribution in [1.82, 2.24) is 4.31 Å². The van der Waals surface area contributed by atoms with Crippen molar-refractivity contribution < 1.29 is 18.6 Å². The van der Waals surface area contributed by atoms with E-state index in [4.69, 9.17) is 16.7 Å². The summed E-state index contributed by atoms with van der Waals surface area (Å²) in [6.07, 6.45) is 0.160. The number of halogens is 1. The molecule has 0 radical (unpaired) electrons. The van der Waals surface area contributed by atoms with Crippen molar-refractivity contribution >= 4 is 21.6 Å². The average molecular weight is 330 g/mol. The molecule has 1 unspecified atom stereocenters. The fourth-order valence-electron chi connectivity index (χ4n) is 2.08. The maximum absolute atomic E-state index is 12.4. The van der Waals surface area contributed by atoms with Gasteiger partial charge in [-0.15, -0.1) is 0 Å². The number of benzene rings is 1. The molecule has 0 bridgehead atoms. The van der Waals surface area contributed by atoms with E-state index in [1.807, 2.05) is 0 Å². The van der Waals surface area contributed by atoms with E-state index in [1.165, 1.54) is 16.4 Å². The molecule has 0 aromatic heterocycles. The molecule has 0 saturated carbocycles. The average Bonchev–Trinajstić information content (AvgIpc) is 2.86. The van der Waals surface area contributed by atoms with Crippen LogP contribution in [0.25, 0.3) is 0 Å². The highest BCUT2D eigenvalue weighted by molar-refractivity contribution is 7.89. The molecule has 0 spiro atoms. The molecule has 7 heteroatoms. The summed E-state index contributed by atoms with van der Waals surface area (Å²) in [7, 11) is -3.69. The van der Waals surface area contributed by atoms with Crippen molar-refractivity contribution in [2.45, 2.75) is 23.8 Å². The number of β-amino-alcohol motifs (C(OH)–C–C–N with tert-alkyl or cyclic N) is 1. The first kappa shape index (κ1) is 16.3. The Bertz CT molecular complexity index is 678. The molecule has 1 aromatic carbocycles. The van der Waals surface area contributed by atoms with Crippen LogP contribution in [-0.2, 0) is 10.0 Å². The van der Waals surface area contributed by atoms with Gasteiger partial charge in [0.1, 0.15) is 4.90 Å². The maximum Gasteiger partial charge on any atom is 0.244 e. The van der Waals surface area contributed by atoms with Crippen molar-refractivity contribution in [2.24, 2.45) is 0 Å². The van der Waals surface area contributed by atoms with Gasteiger partial charge < -0.3 is 10.2 Å². The van der Waals surface area contributed by atoms with Crippen LogP contribution in [0.5, 0.6) is 0 Å². The summed E-state index contributed by atoms with van der Waals surface area (Å²) in [5.41, 5.74) is 0.592. The van der Waals surface area contributed by atoms with Crippen LogP contribution in [-0.4, -0.2) is 48.7 Å². The minimum absolute atomic E-state index is 0.0194. The second-order valence-corrected chi connectivity index (χ2v) is 7.04. The van der Waals surface area contributed by atoms with Crippen LogP contribution in [0.15, 0.2) is 23.1 Å². The monoisotopic (exact) mass is 329 g/mol. The Balaban J connectivity index is 2.27. The standard InChI is InChI=1S/C14H16ClNO4S/c15-13-9-11(3-1-2-8-17)4-5-14(13)21(19,20)16-7-6-12(18)10-16/h4-5,9,12,17-18H,2,6-8,10H2. The Morgan fingerprint density at radius 2 is 2.19 bits per heavy atom. The molecular formula is C14H16ClNO4S. The molecule has 0 aliphatic carbocycles. The second kappa shape index (κ2) is 6.77. The molecule has 1 heterocycles. The smallest absolute Gasteiger partial charge is 0.244 e. The molecule has 0 amide bonds. The van der Waals surface area contributed by atoms with E-state index in [0.29, 0.717) is 18.4 Å². The highest BCUT2D eigenvalue weighted by Gasteiger charge is 2.32. The van der Waals surface area contributed by atoms with Crippen LogP contribution in [0.3, 0.4) is 0 Å². The molecule has 2 N–H and O–H groups in total. The van der Waals surface area contributed by atoms with E-state index < -0.39 is 16.1 Å². The van der Waals surface area contributed by atoms with Gasteiger partial charge in [-0.1, -0.05) is 23.4 Å². The van der Waals surface area contributed by atoms with Crippen molar-refractivity contribution in [1.29, 1.82) is 0 Å². The summed E-state index contributed by atoms with van der Waals surface area (Å²) in [5.74, 6) is 5.54. The molecule has 2 rings (SSSR count). The molecule has 1 aromatic rings. The minimum Gasteiger partial charge on any atom is -0.395 e. The SMILES string of the molecule is O=S(=O)(c1ccc(C#CCCO)cc1Cl)N1CCC(O)C1. The summed E-state index contributed by atoms with van der Waals surface area (Å²) in [4.78, 5) is 0.0194. The van der Waals surface area contributed by atoms with E-state index in [-0.39, 0.29) is 29.6 Å². The molecule has 114 valence electrons. The summed E-state index contributed by atoms with van der Waals surface area (Å²) in [6, 6.07) is 4.49. The molecule has 1 aliphatic heterocycles. The van der Waals surface area contributed by atoms with Gasteiger partial charge >= 0.3 is 0 Å². The maximum atomic E-state index is 12.4. The molecule has 21 heavy (non-hydrogen) atoms. The second-order valence-electron chi connectivity index (χ2n) is 4.73. The fourth-order valence-corrected chi connectivity index (χ4v) is 4.09. The molecule has 1 atom stereocenters. The van der Waals surface area contributed by atoms with E-state index in [1.54, 1.807) is 6.07 Å². The number of aliphatic hydroxyl groups excluding tert-OH is 2. The van der Waals surface area contributed by atoms with Gasteiger partial charge in [-0.05, 0) is 24.6 Å².